The van der Waals surface area contributed by atoms with Gasteiger partial charge in [0.15, 0.2) is 11.6 Å². The summed E-state index contributed by atoms with van der Waals surface area (Å²) in [6.07, 6.45) is 2.12. The van der Waals surface area contributed by atoms with Gasteiger partial charge in [-0.3, -0.25) is 5.41 Å². The quantitative estimate of drug-likeness (QED) is 0.556. The maximum Gasteiger partial charge on any atom is 0.167 e. The molecule has 1 aliphatic heterocycles. The first kappa shape index (κ1) is 18.1. The van der Waals surface area contributed by atoms with Crippen LogP contribution in [0.4, 0.5) is 15.9 Å². The van der Waals surface area contributed by atoms with Gasteiger partial charge in [-0.15, -0.1) is 0 Å². The second kappa shape index (κ2) is 7.25. The van der Waals surface area contributed by atoms with Gasteiger partial charge >= 0.3 is 0 Å². The molecule has 7 nitrogen and oxygen atoms in total. The fraction of sp³-hybridized carbons (Fsp3) is 0.389. The van der Waals surface area contributed by atoms with Crippen LogP contribution >= 0.6 is 0 Å². The van der Waals surface area contributed by atoms with Crippen molar-refractivity contribution in [1.82, 2.24) is 9.97 Å². The van der Waals surface area contributed by atoms with Crippen LogP contribution < -0.4 is 21.1 Å². The molecular formula is C18H23FN6O. The summed E-state index contributed by atoms with van der Waals surface area (Å²) in [5.74, 6) is 0.225. The Kier molecular flexibility index (Phi) is 5.03. The second-order valence-electron chi connectivity index (χ2n) is 6.67. The predicted molar refractivity (Wildman–Crippen MR) is 99.3 cm³/mol. The van der Waals surface area contributed by atoms with E-state index in [1.165, 1.54) is 18.5 Å². The molecule has 1 aromatic heterocycles. The molecule has 26 heavy (non-hydrogen) atoms. The lowest BCUT2D eigenvalue weighted by molar-refractivity contribution is 0.231. The van der Waals surface area contributed by atoms with E-state index >= 15 is 0 Å². The average molecular weight is 358 g/mol. The van der Waals surface area contributed by atoms with E-state index in [1.807, 2.05) is 0 Å². The van der Waals surface area contributed by atoms with Gasteiger partial charge in [-0.25, -0.2) is 14.4 Å². The largest absolute Gasteiger partial charge is 0.488 e. The standard InChI is InChI=1S/C18H23FN6O/c1-10(2)26-16-5-12(14(21)6-13(16)19)18(22)15-7-17(24-9-23-15)25-4-3-11(20)8-25/h5-7,9-11,22H,3-4,8,20-21H2,1-2H3. The van der Waals surface area contributed by atoms with E-state index in [9.17, 15) is 4.39 Å². The smallest absolute Gasteiger partial charge is 0.167 e. The summed E-state index contributed by atoms with van der Waals surface area (Å²) >= 11 is 0. The summed E-state index contributed by atoms with van der Waals surface area (Å²) in [6, 6.07) is 4.46. The molecule has 0 spiro atoms. The molecule has 1 fully saturated rings. The van der Waals surface area contributed by atoms with Gasteiger partial charge in [0, 0.05) is 42.5 Å². The third kappa shape index (κ3) is 3.75. The van der Waals surface area contributed by atoms with Gasteiger partial charge in [0.2, 0.25) is 0 Å². The fourth-order valence-corrected chi connectivity index (χ4v) is 2.92. The number of rotatable bonds is 5. The first-order chi connectivity index (χ1) is 12.3. The van der Waals surface area contributed by atoms with Gasteiger partial charge in [-0.2, -0.15) is 0 Å². The van der Waals surface area contributed by atoms with Crippen LogP contribution in [0.1, 0.15) is 31.5 Å². The molecule has 1 saturated heterocycles. The number of halogens is 1. The maximum atomic E-state index is 14.0. The number of benzene rings is 1. The average Bonchev–Trinajstić information content (AvgIpc) is 3.03. The van der Waals surface area contributed by atoms with Crippen LogP contribution in [-0.2, 0) is 0 Å². The number of aromatic nitrogens is 2. The number of ether oxygens (including phenoxy) is 1. The van der Waals surface area contributed by atoms with E-state index < -0.39 is 5.82 Å². The van der Waals surface area contributed by atoms with Gasteiger partial charge in [0.05, 0.1) is 17.5 Å². The molecule has 3 rings (SSSR count). The first-order valence-electron chi connectivity index (χ1n) is 8.52. The number of nitrogen functional groups attached to an aromatic ring is 1. The molecule has 1 unspecified atom stereocenters. The minimum atomic E-state index is -0.554. The normalized spacial score (nSPS) is 17.0. The number of nitrogens with zero attached hydrogens (tertiary/aromatic N) is 3. The number of nitrogens with two attached hydrogens (primary N) is 2. The number of anilines is 2. The predicted octanol–water partition coefficient (Wildman–Crippen LogP) is 1.94. The molecule has 2 heterocycles. The maximum absolute atomic E-state index is 14.0. The first-order valence-corrected chi connectivity index (χ1v) is 8.52. The molecule has 1 aliphatic rings. The highest BCUT2D eigenvalue weighted by Gasteiger charge is 2.22. The SMILES string of the molecule is CC(C)Oc1cc(C(=N)c2cc(N3CCC(N)C3)ncn2)c(N)cc1F. The molecule has 1 aromatic carbocycles. The van der Waals surface area contributed by atoms with E-state index in [1.54, 1.807) is 19.9 Å². The molecule has 0 radical (unpaired) electrons. The van der Waals surface area contributed by atoms with Crippen LogP contribution in [0.5, 0.6) is 5.75 Å². The van der Waals surface area contributed by atoms with E-state index in [0.29, 0.717) is 17.1 Å². The van der Waals surface area contributed by atoms with Crippen LogP contribution in [0, 0.1) is 11.2 Å². The van der Waals surface area contributed by atoms with Crippen molar-refractivity contribution in [3.05, 3.63) is 41.6 Å². The fourth-order valence-electron chi connectivity index (χ4n) is 2.92. The van der Waals surface area contributed by atoms with Gasteiger partial charge < -0.3 is 21.1 Å². The summed E-state index contributed by atoms with van der Waals surface area (Å²) in [4.78, 5) is 10.5. The zero-order chi connectivity index (χ0) is 18.8. The molecule has 138 valence electrons. The van der Waals surface area contributed by atoms with E-state index in [4.69, 9.17) is 21.6 Å². The van der Waals surface area contributed by atoms with Crippen LogP contribution in [0.3, 0.4) is 0 Å². The Hall–Kier alpha value is -2.74. The Labute approximate surface area is 151 Å². The Morgan fingerprint density at radius 3 is 2.77 bits per heavy atom. The number of nitrogens with one attached hydrogen (secondary N) is 1. The third-order valence-corrected chi connectivity index (χ3v) is 4.19. The zero-order valence-electron chi connectivity index (χ0n) is 14.9. The molecular weight excluding hydrogens is 335 g/mol. The Morgan fingerprint density at radius 2 is 2.12 bits per heavy atom. The van der Waals surface area contributed by atoms with E-state index in [-0.39, 0.29) is 29.3 Å². The van der Waals surface area contributed by atoms with Crippen molar-refractivity contribution in [2.75, 3.05) is 23.7 Å². The minimum absolute atomic E-state index is 0.0637. The van der Waals surface area contributed by atoms with Crippen molar-refractivity contribution in [2.24, 2.45) is 5.73 Å². The number of hydrogen-bond donors (Lipinski definition) is 3. The highest BCUT2D eigenvalue weighted by atomic mass is 19.1. The van der Waals surface area contributed by atoms with Gasteiger partial charge in [-0.1, -0.05) is 0 Å². The van der Waals surface area contributed by atoms with E-state index in [0.717, 1.165) is 19.5 Å². The van der Waals surface area contributed by atoms with Crippen molar-refractivity contribution in [3.8, 4) is 5.75 Å². The number of hydrogen-bond acceptors (Lipinski definition) is 7. The Morgan fingerprint density at radius 1 is 1.35 bits per heavy atom. The second-order valence-corrected chi connectivity index (χ2v) is 6.67. The molecule has 0 saturated carbocycles. The molecule has 1 atom stereocenters. The lowest BCUT2D eigenvalue weighted by atomic mass is 10.0. The molecule has 0 aliphatic carbocycles. The lowest BCUT2D eigenvalue weighted by Gasteiger charge is -2.18. The molecule has 0 amide bonds. The Balaban J connectivity index is 1.92. The summed E-state index contributed by atoms with van der Waals surface area (Å²) < 4.78 is 19.5. The summed E-state index contributed by atoms with van der Waals surface area (Å²) in [5.41, 5.74) is 12.9. The van der Waals surface area contributed by atoms with Crippen molar-refractivity contribution in [1.29, 1.82) is 5.41 Å². The third-order valence-electron chi connectivity index (χ3n) is 4.19. The van der Waals surface area contributed by atoms with Crippen molar-refractivity contribution in [2.45, 2.75) is 32.4 Å². The zero-order valence-corrected chi connectivity index (χ0v) is 14.9. The summed E-state index contributed by atoms with van der Waals surface area (Å²) in [5, 5.41) is 8.48. The highest BCUT2D eigenvalue weighted by Crippen LogP contribution is 2.27. The van der Waals surface area contributed by atoms with Crippen LogP contribution in [0.2, 0.25) is 0 Å². The monoisotopic (exact) mass is 358 g/mol. The molecule has 0 bridgehead atoms. The molecule has 5 N–H and O–H groups in total. The molecule has 2 aromatic rings. The lowest BCUT2D eigenvalue weighted by Crippen LogP contribution is -2.27. The topological polar surface area (TPSA) is 114 Å². The summed E-state index contributed by atoms with van der Waals surface area (Å²) in [6.45, 7) is 5.14. The highest BCUT2D eigenvalue weighted by molar-refractivity contribution is 6.13. The minimum Gasteiger partial charge on any atom is -0.488 e. The van der Waals surface area contributed by atoms with Crippen LogP contribution in [0.25, 0.3) is 0 Å². The van der Waals surface area contributed by atoms with Crippen molar-refractivity contribution >= 4 is 17.2 Å². The van der Waals surface area contributed by atoms with Crippen molar-refractivity contribution < 1.29 is 9.13 Å². The Bertz CT molecular complexity index is 825. The van der Waals surface area contributed by atoms with E-state index in [2.05, 4.69) is 14.9 Å². The summed E-state index contributed by atoms with van der Waals surface area (Å²) in [7, 11) is 0. The van der Waals surface area contributed by atoms with Crippen molar-refractivity contribution in [3.63, 3.8) is 0 Å². The van der Waals surface area contributed by atoms with Gasteiger partial charge in [0.25, 0.3) is 0 Å². The van der Waals surface area contributed by atoms with Crippen LogP contribution in [-0.4, -0.2) is 40.9 Å². The van der Waals surface area contributed by atoms with Crippen LogP contribution in [0.15, 0.2) is 24.5 Å². The van der Waals surface area contributed by atoms with Gasteiger partial charge in [0.1, 0.15) is 12.1 Å². The van der Waals surface area contributed by atoms with Gasteiger partial charge in [-0.05, 0) is 26.3 Å². The molecule has 8 heteroatoms.